The Bertz CT molecular complexity index is 448. The maximum absolute atomic E-state index is 13.3. The summed E-state index contributed by atoms with van der Waals surface area (Å²) in [5.74, 6) is -2.39. The molecule has 0 aliphatic rings. The number of ether oxygens (including phenoxy) is 1. The van der Waals surface area contributed by atoms with Crippen molar-refractivity contribution in [2.45, 2.75) is 13.0 Å². The first-order valence-corrected chi connectivity index (χ1v) is 5.34. The molecule has 0 aliphatic carbocycles. The Balaban J connectivity index is 2.46. The molecule has 1 aromatic carbocycles. The highest BCUT2D eigenvalue weighted by Gasteiger charge is 2.10. The van der Waals surface area contributed by atoms with Crippen molar-refractivity contribution in [3.8, 4) is 0 Å². The number of halogens is 1. The zero-order valence-corrected chi connectivity index (χ0v) is 9.90. The number of nitrogens with one attached hydrogen (secondary N) is 1. The summed E-state index contributed by atoms with van der Waals surface area (Å²) < 4.78 is 17.8. The average Bonchev–Trinajstić information content (AvgIpc) is 2.34. The molecule has 0 atom stereocenters. The highest BCUT2D eigenvalue weighted by Crippen LogP contribution is 2.10. The van der Waals surface area contributed by atoms with Crippen LogP contribution in [0.25, 0.3) is 0 Å². The van der Waals surface area contributed by atoms with E-state index in [1.807, 2.05) is 0 Å². The lowest BCUT2D eigenvalue weighted by Gasteiger charge is -2.05. The lowest BCUT2D eigenvalue weighted by molar-refractivity contribution is -0.140. The number of benzene rings is 1. The van der Waals surface area contributed by atoms with Crippen LogP contribution in [0.2, 0.25) is 0 Å². The van der Waals surface area contributed by atoms with Crippen LogP contribution in [0.3, 0.4) is 0 Å². The number of methoxy groups -OCH3 is 1. The second kappa shape index (κ2) is 6.70. The van der Waals surface area contributed by atoms with E-state index in [-0.39, 0.29) is 18.0 Å². The van der Waals surface area contributed by atoms with Crippen LogP contribution in [0.1, 0.15) is 22.3 Å². The summed E-state index contributed by atoms with van der Waals surface area (Å²) in [5, 5.41) is 11.6. The summed E-state index contributed by atoms with van der Waals surface area (Å²) in [7, 11) is 1.31. The lowest BCUT2D eigenvalue weighted by Crippen LogP contribution is -2.18. The molecular weight excluding hydrogens is 241 g/mol. The molecule has 1 rings (SSSR count). The molecule has 0 spiro atoms. The molecule has 0 aromatic heterocycles. The number of carboxylic acids is 1. The fourth-order valence-corrected chi connectivity index (χ4v) is 1.37. The second-order valence-electron chi connectivity index (χ2n) is 3.62. The number of carbonyl (C=O) groups is 2. The van der Waals surface area contributed by atoms with Crippen molar-refractivity contribution in [1.82, 2.24) is 5.32 Å². The van der Waals surface area contributed by atoms with Gasteiger partial charge in [0.2, 0.25) is 0 Å². The number of carbonyl (C=O) groups excluding carboxylic acids is 1. The molecule has 0 saturated carbocycles. The van der Waals surface area contributed by atoms with Crippen molar-refractivity contribution in [3.63, 3.8) is 0 Å². The summed E-state index contributed by atoms with van der Waals surface area (Å²) >= 11 is 0. The van der Waals surface area contributed by atoms with Gasteiger partial charge in [-0.25, -0.2) is 9.18 Å². The highest BCUT2D eigenvalue weighted by atomic mass is 19.1. The number of carboxylic acid groups (broad SMARTS) is 1. The van der Waals surface area contributed by atoms with Gasteiger partial charge in [-0.1, -0.05) is 6.07 Å². The van der Waals surface area contributed by atoms with Crippen LogP contribution >= 0.6 is 0 Å². The molecule has 1 aromatic rings. The molecule has 0 bridgehead atoms. The van der Waals surface area contributed by atoms with E-state index in [9.17, 15) is 14.0 Å². The molecular formula is C12H14FNO4. The van der Waals surface area contributed by atoms with Crippen LogP contribution in [-0.4, -0.2) is 30.7 Å². The molecule has 18 heavy (non-hydrogen) atoms. The fraction of sp³-hybridized carbons (Fsp3) is 0.333. The monoisotopic (exact) mass is 255 g/mol. The van der Waals surface area contributed by atoms with Crippen LogP contribution in [-0.2, 0) is 16.1 Å². The van der Waals surface area contributed by atoms with Crippen LogP contribution < -0.4 is 5.32 Å². The first kappa shape index (κ1) is 14.1. The van der Waals surface area contributed by atoms with Gasteiger partial charge in [0, 0.05) is 13.1 Å². The predicted molar refractivity (Wildman–Crippen MR) is 61.7 cm³/mol. The number of rotatable bonds is 6. The summed E-state index contributed by atoms with van der Waals surface area (Å²) in [4.78, 5) is 21.4. The molecule has 0 amide bonds. The minimum absolute atomic E-state index is 0.228. The normalized spacial score (nSPS) is 10.1. The summed E-state index contributed by atoms with van der Waals surface area (Å²) in [5.41, 5.74) is 0.260. The summed E-state index contributed by atoms with van der Waals surface area (Å²) in [6.45, 7) is 0.767. The molecule has 0 fully saturated rings. The fourth-order valence-electron chi connectivity index (χ4n) is 1.37. The molecule has 2 N–H and O–H groups in total. The Morgan fingerprint density at radius 3 is 2.72 bits per heavy atom. The second-order valence-corrected chi connectivity index (χ2v) is 3.62. The van der Waals surface area contributed by atoms with Gasteiger partial charge in [0.1, 0.15) is 5.82 Å². The van der Waals surface area contributed by atoms with E-state index in [1.165, 1.54) is 19.2 Å². The van der Waals surface area contributed by atoms with Gasteiger partial charge in [0.05, 0.1) is 19.1 Å². The minimum atomic E-state index is -1.29. The molecule has 0 radical (unpaired) electrons. The molecule has 98 valence electrons. The molecule has 0 aliphatic heterocycles. The Morgan fingerprint density at radius 1 is 1.44 bits per heavy atom. The summed E-state index contributed by atoms with van der Waals surface area (Å²) in [6, 6.07) is 3.90. The molecule has 0 saturated heterocycles. The number of hydrogen-bond donors (Lipinski definition) is 2. The van der Waals surface area contributed by atoms with E-state index >= 15 is 0 Å². The van der Waals surface area contributed by atoms with Gasteiger partial charge in [0.15, 0.2) is 0 Å². The van der Waals surface area contributed by atoms with Crippen molar-refractivity contribution >= 4 is 11.9 Å². The van der Waals surface area contributed by atoms with E-state index in [4.69, 9.17) is 5.11 Å². The topological polar surface area (TPSA) is 75.6 Å². The maximum atomic E-state index is 13.3. The largest absolute Gasteiger partial charge is 0.478 e. The van der Waals surface area contributed by atoms with Gasteiger partial charge in [-0.2, -0.15) is 0 Å². The Labute approximate surface area is 104 Å². The zero-order valence-electron chi connectivity index (χ0n) is 9.90. The lowest BCUT2D eigenvalue weighted by atomic mass is 10.1. The summed E-state index contributed by atoms with van der Waals surface area (Å²) in [6.07, 6.45) is 0.228. The first-order valence-electron chi connectivity index (χ1n) is 5.34. The van der Waals surface area contributed by atoms with Gasteiger partial charge >= 0.3 is 11.9 Å². The highest BCUT2D eigenvalue weighted by molar-refractivity contribution is 5.87. The van der Waals surface area contributed by atoms with Gasteiger partial charge in [0.25, 0.3) is 0 Å². The van der Waals surface area contributed by atoms with Crippen molar-refractivity contribution in [1.29, 1.82) is 0 Å². The van der Waals surface area contributed by atoms with Crippen molar-refractivity contribution in [2.24, 2.45) is 0 Å². The van der Waals surface area contributed by atoms with Crippen LogP contribution in [0.4, 0.5) is 4.39 Å². The quantitative estimate of drug-likeness (QED) is 0.589. The minimum Gasteiger partial charge on any atom is -0.478 e. The first-order chi connectivity index (χ1) is 8.54. The average molecular weight is 255 g/mol. The van der Waals surface area contributed by atoms with E-state index in [2.05, 4.69) is 10.1 Å². The molecule has 0 heterocycles. The maximum Gasteiger partial charge on any atom is 0.338 e. The Kier molecular flexibility index (Phi) is 5.26. The SMILES string of the molecule is COC(=O)CCNCc1ccc(C(=O)O)c(F)c1. The third-order valence-corrected chi connectivity index (χ3v) is 2.33. The Hall–Kier alpha value is -1.95. The zero-order chi connectivity index (χ0) is 13.5. The third-order valence-electron chi connectivity index (χ3n) is 2.33. The van der Waals surface area contributed by atoms with Gasteiger partial charge < -0.3 is 15.2 Å². The third kappa shape index (κ3) is 4.14. The van der Waals surface area contributed by atoms with Crippen molar-refractivity contribution in [3.05, 3.63) is 35.1 Å². The van der Waals surface area contributed by atoms with E-state index < -0.39 is 11.8 Å². The number of hydrogen-bond acceptors (Lipinski definition) is 4. The van der Waals surface area contributed by atoms with Gasteiger partial charge in [-0.05, 0) is 17.7 Å². The Morgan fingerprint density at radius 2 is 2.17 bits per heavy atom. The predicted octanol–water partition coefficient (Wildman–Crippen LogP) is 1.18. The van der Waals surface area contributed by atoms with Crippen molar-refractivity contribution < 1.29 is 23.8 Å². The van der Waals surface area contributed by atoms with Gasteiger partial charge in [-0.15, -0.1) is 0 Å². The van der Waals surface area contributed by atoms with Crippen LogP contribution in [0, 0.1) is 5.82 Å². The van der Waals surface area contributed by atoms with Gasteiger partial charge in [-0.3, -0.25) is 4.79 Å². The van der Waals surface area contributed by atoms with Crippen LogP contribution in [0.5, 0.6) is 0 Å². The molecule has 6 heteroatoms. The van der Waals surface area contributed by atoms with E-state index in [0.717, 1.165) is 6.07 Å². The van der Waals surface area contributed by atoms with E-state index in [0.29, 0.717) is 18.7 Å². The molecule has 5 nitrogen and oxygen atoms in total. The number of aromatic carboxylic acids is 1. The van der Waals surface area contributed by atoms with Crippen LogP contribution in [0.15, 0.2) is 18.2 Å². The standard InChI is InChI=1S/C12H14FNO4/c1-18-11(15)4-5-14-7-8-2-3-9(12(16)17)10(13)6-8/h2-3,6,14H,4-5,7H2,1H3,(H,16,17). The van der Waals surface area contributed by atoms with E-state index in [1.54, 1.807) is 0 Å². The smallest absolute Gasteiger partial charge is 0.338 e. The number of esters is 1. The molecule has 0 unspecified atom stereocenters. The van der Waals surface area contributed by atoms with Crippen molar-refractivity contribution in [2.75, 3.05) is 13.7 Å².